The lowest BCUT2D eigenvalue weighted by Crippen LogP contribution is -2.07. The lowest BCUT2D eigenvalue weighted by Gasteiger charge is -2.06. The zero-order chi connectivity index (χ0) is 7.33. The average Bonchev–Trinajstić information content (AvgIpc) is 1.84. The van der Waals surface area contributed by atoms with Crippen molar-refractivity contribution in [3.8, 4) is 0 Å². The van der Waals surface area contributed by atoms with E-state index in [0.29, 0.717) is 0 Å². The first-order chi connectivity index (χ1) is 4.12. The first kappa shape index (κ1) is 9.07. The summed E-state index contributed by atoms with van der Waals surface area (Å²) < 4.78 is 14.6. The second kappa shape index (κ2) is 3.98. The van der Waals surface area contributed by atoms with Crippen LogP contribution >= 0.6 is 7.60 Å². The third-order valence-corrected chi connectivity index (χ3v) is 1.53. The van der Waals surface area contributed by atoms with Crippen molar-refractivity contribution in [2.75, 3.05) is 19.5 Å². The highest BCUT2D eigenvalue weighted by molar-refractivity contribution is 7.52. The summed E-state index contributed by atoms with van der Waals surface area (Å²) in [4.78, 5) is 8.48. The molecule has 0 aromatic heterocycles. The van der Waals surface area contributed by atoms with Crippen LogP contribution < -0.4 is 5.73 Å². The molecule has 0 bridgehead atoms. The number of hydrogen-bond donors (Lipinski definition) is 3. The van der Waals surface area contributed by atoms with Crippen molar-refractivity contribution < 1.29 is 19.1 Å². The van der Waals surface area contributed by atoms with Crippen LogP contribution in [0.5, 0.6) is 0 Å². The smallest absolute Gasteiger partial charge is 0.353 e. The molecular weight excluding hydrogens is 145 g/mol. The van der Waals surface area contributed by atoms with Gasteiger partial charge in [0.15, 0.2) is 0 Å². The third kappa shape index (κ3) is 4.57. The molecule has 6 heteroatoms. The van der Waals surface area contributed by atoms with E-state index in [1.165, 1.54) is 0 Å². The molecule has 0 rings (SSSR count). The van der Waals surface area contributed by atoms with E-state index >= 15 is 0 Å². The quantitative estimate of drug-likeness (QED) is 0.457. The summed E-state index contributed by atoms with van der Waals surface area (Å²) in [5.41, 5.74) is 4.95. The van der Waals surface area contributed by atoms with Crippen LogP contribution in [0.15, 0.2) is 0 Å². The zero-order valence-electron chi connectivity index (χ0n) is 4.86. The molecule has 0 radical (unpaired) electrons. The highest BCUT2D eigenvalue weighted by atomic mass is 31.2. The van der Waals surface area contributed by atoms with E-state index in [2.05, 4.69) is 4.52 Å². The van der Waals surface area contributed by atoms with E-state index in [0.717, 1.165) is 0 Å². The fraction of sp³-hybridized carbons (Fsp3) is 1.00. The van der Waals surface area contributed by atoms with Crippen LogP contribution in [0.3, 0.4) is 0 Å². The molecule has 0 saturated heterocycles. The molecule has 5 nitrogen and oxygen atoms in total. The van der Waals surface area contributed by atoms with E-state index in [4.69, 9.17) is 15.7 Å². The van der Waals surface area contributed by atoms with Gasteiger partial charge in [-0.2, -0.15) is 0 Å². The number of aliphatic hydroxyl groups excluding tert-OH is 1. The molecule has 0 spiro atoms. The van der Waals surface area contributed by atoms with Gasteiger partial charge in [-0.3, -0.25) is 4.57 Å². The molecule has 1 atom stereocenters. The summed E-state index contributed by atoms with van der Waals surface area (Å²) in [6.07, 6.45) is -0.854. The number of aliphatic hydroxyl groups is 1. The van der Waals surface area contributed by atoms with E-state index in [-0.39, 0.29) is 13.2 Å². The van der Waals surface area contributed by atoms with Gasteiger partial charge in [0.25, 0.3) is 0 Å². The maximum atomic E-state index is 10.4. The van der Waals surface area contributed by atoms with Crippen LogP contribution in [0.1, 0.15) is 0 Å². The fourth-order valence-corrected chi connectivity index (χ4v) is 0.709. The van der Waals surface area contributed by atoms with Gasteiger partial charge in [0.05, 0.1) is 6.61 Å². The van der Waals surface area contributed by atoms with Crippen molar-refractivity contribution in [1.29, 1.82) is 0 Å². The molecule has 0 aromatic carbocycles. The Morgan fingerprint density at radius 3 is 2.56 bits per heavy atom. The Morgan fingerprint density at radius 1 is 1.67 bits per heavy atom. The van der Waals surface area contributed by atoms with Crippen LogP contribution in [0.4, 0.5) is 0 Å². The second-order valence-corrected chi connectivity index (χ2v) is 3.22. The van der Waals surface area contributed by atoms with Gasteiger partial charge < -0.3 is 20.3 Å². The van der Waals surface area contributed by atoms with E-state index in [9.17, 15) is 4.57 Å². The molecule has 56 valence electrons. The van der Waals surface area contributed by atoms with Gasteiger partial charge in [-0.05, 0) is 0 Å². The van der Waals surface area contributed by atoms with E-state index in [1.807, 2.05) is 0 Å². The van der Waals surface area contributed by atoms with Crippen LogP contribution in [0, 0.1) is 0 Å². The molecule has 0 aliphatic heterocycles. The number of nitrogens with two attached hydrogens (primary N) is 1. The molecule has 0 aliphatic rings. The minimum absolute atomic E-state index is 0.00562. The normalized spacial score (nSPS) is 17.2. The van der Waals surface area contributed by atoms with E-state index in [1.54, 1.807) is 0 Å². The van der Waals surface area contributed by atoms with Crippen molar-refractivity contribution in [3.05, 3.63) is 0 Å². The second-order valence-electron chi connectivity index (χ2n) is 1.40. The Kier molecular flexibility index (Phi) is 4.01. The maximum Gasteiger partial charge on any atom is 0.353 e. The predicted molar refractivity (Wildman–Crippen MR) is 31.9 cm³/mol. The van der Waals surface area contributed by atoms with Crippen molar-refractivity contribution >= 4 is 7.60 Å². The fourth-order valence-electron chi connectivity index (χ4n) is 0.236. The minimum Gasteiger partial charge on any atom is -0.384 e. The zero-order valence-corrected chi connectivity index (χ0v) is 5.75. The Labute approximate surface area is 53.0 Å². The van der Waals surface area contributed by atoms with Gasteiger partial charge in [0.1, 0.15) is 6.35 Å². The van der Waals surface area contributed by atoms with Gasteiger partial charge in [-0.1, -0.05) is 0 Å². The highest BCUT2D eigenvalue weighted by Gasteiger charge is 2.15. The minimum atomic E-state index is -3.71. The van der Waals surface area contributed by atoms with Gasteiger partial charge in [0.2, 0.25) is 0 Å². The Hall–Kier alpha value is 0.0700. The highest BCUT2D eigenvalue weighted by Crippen LogP contribution is 2.39. The van der Waals surface area contributed by atoms with Gasteiger partial charge in [-0.25, -0.2) is 0 Å². The van der Waals surface area contributed by atoms with Crippen LogP contribution in [-0.4, -0.2) is 29.5 Å². The first-order valence-electron chi connectivity index (χ1n) is 2.39. The molecule has 1 unspecified atom stereocenters. The summed E-state index contributed by atoms with van der Waals surface area (Å²) in [6.45, 7) is 0.166. The van der Waals surface area contributed by atoms with Crippen molar-refractivity contribution in [2.45, 2.75) is 0 Å². The van der Waals surface area contributed by atoms with Crippen LogP contribution in [-0.2, 0) is 9.09 Å². The Bertz CT molecular complexity index is 116. The summed E-state index contributed by atoms with van der Waals surface area (Å²) in [6, 6.07) is 0. The molecule has 0 saturated carbocycles. The molecule has 9 heavy (non-hydrogen) atoms. The molecule has 0 aromatic rings. The molecular formula is C3H10NO4P. The van der Waals surface area contributed by atoms with Gasteiger partial charge >= 0.3 is 7.60 Å². The number of hydrogen-bond acceptors (Lipinski definition) is 4. The summed E-state index contributed by atoms with van der Waals surface area (Å²) in [5, 5.41) is 8.14. The van der Waals surface area contributed by atoms with Crippen LogP contribution in [0.2, 0.25) is 0 Å². The largest absolute Gasteiger partial charge is 0.384 e. The molecule has 0 fully saturated rings. The summed E-state index contributed by atoms with van der Waals surface area (Å²) >= 11 is 0. The van der Waals surface area contributed by atoms with Gasteiger partial charge in [-0.15, -0.1) is 0 Å². The van der Waals surface area contributed by atoms with Crippen LogP contribution in [0.25, 0.3) is 0 Å². The topological polar surface area (TPSA) is 92.8 Å². The summed E-state index contributed by atoms with van der Waals surface area (Å²) in [5.74, 6) is 0. The molecule has 0 amide bonds. The first-order valence-corrected chi connectivity index (χ1v) is 4.16. The van der Waals surface area contributed by atoms with Crippen molar-refractivity contribution in [1.82, 2.24) is 0 Å². The Balaban J connectivity index is 3.46. The van der Waals surface area contributed by atoms with E-state index < -0.39 is 13.9 Å². The SMILES string of the molecule is NCCOP(=O)(O)CO. The lowest BCUT2D eigenvalue weighted by atomic mass is 10.8. The van der Waals surface area contributed by atoms with Crippen molar-refractivity contribution in [3.63, 3.8) is 0 Å². The third-order valence-electron chi connectivity index (χ3n) is 0.590. The maximum absolute atomic E-state index is 10.4. The van der Waals surface area contributed by atoms with Crippen molar-refractivity contribution in [2.24, 2.45) is 5.73 Å². The number of rotatable bonds is 4. The average molecular weight is 155 g/mol. The molecule has 0 heterocycles. The Morgan fingerprint density at radius 2 is 2.22 bits per heavy atom. The monoisotopic (exact) mass is 155 g/mol. The molecule has 0 aliphatic carbocycles. The lowest BCUT2D eigenvalue weighted by molar-refractivity contribution is 0.229. The standard InChI is InChI=1S/C3H10NO4P/c4-1-2-8-9(6,7)3-5/h5H,1-4H2,(H,6,7). The molecule has 4 N–H and O–H groups in total. The predicted octanol–water partition coefficient (Wildman–Crippen LogP) is -0.903. The summed E-state index contributed by atoms with van der Waals surface area (Å²) in [7, 11) is -3.71. The van der Waals surface area contributed by atoms with Gasteiger partial charge in [0, 0.05) is 6.54 Å².